The smallest absolute Gasteiger partial charge is 0.303 e. The van der Waals surface area contributed by atoms with Gasteiger partial charge in [0.05, 0.1) is 13.2 Å². The number of carbonyl (C=O) groups is 1. The molecule has 0 aliphatic carbocycles. The molecule has 0 fully saturated rings. The van der Waals surface area contributed by atoms with Gasteiger partial charge < -0.3 is 9.84 Å². The molecule has 144 valence electrons. The summed E-state index contributed by atoms with van der Waals surface area (Å²) in [6.07, 6.45) is 23.0. The molecule has 0 spiro atoms. The van der Waals surface area contributed by atoms with Gasteiger partial charge in [-0.3, -0.25) is 4.79 Å². The van der Waals surface area contributed by atoms with Gasteiger partial charge >= 0.3 is 5.97 Å². The Kier molecular flexibility index (Phi) is 19.6. The van der Waals surface area contributed by atoms with Crippen molar-refractivity contribution in [2.75, 3.05) is 13.2 Å². The normalized spacial score (nSPS) is 10.8. The van der Waals surface area contributed by atoms with Crippen molar-refractivity contribution in [2.24, 2.45) is 0 Å². The Morgan fingerprint density at radius 2 is 1.52 bits per heavy atom. The number of unbranched alkanes of at least 4 members (excludes halogenated alkanes) is 9. The molecule has 0 saturated carbocycles. The van der Waals surface area contributed by atoms with Crippen LogP contribution in [0.15, 0.2) is 30.0 Å². The van der Waals surface area contributed by atoms with Crippen molar-refractivity contribution >= 4 is 5.97 Å². The van der Waals surface area contributed by atoms with E-state index >= 15 is 0 Å². The molecule has 0 aromatic carbocycles. The molecule has 3 nitrogen and oxygen atoms in total. The first-order valence-electron chi connectivity index (χ1n) is 10.1. The number of aliphatic carboxylic acids is 1. The lowest BCUT2D eigenvalue weighted by molar-refractivity contribution is -0.136. The number of carboxylic acid groups (broad SMARTS) is 1. The molecule has 3 heteroatoms. The van der Waals surface area contributed by atoms with Crippen LogP contribution in [0, 0.1) is 0 Å². The van der Waals surface area contributed by atoms with Crippen LogP contribution in [0.5, 0.6) is 0 Å². The highest BCUT2D eigenvalue weighted by molar-refractivity contribution is 5.66. The molecule has 0 rings (SSSR count). The van der Waals surface area contributed by atoms with E-state index in [1.807, 2.05) is 6.08 Å². The molecule has 0 aromatic heterocycles. The van der Waals surface area contributed by atoms with Gasteiger partial charge in [-0.2, -0.15) is 0 Å². The lowest BCUT2D eigenvalue weighted by atomic mass is 10.1. The van der Waals surface area contributed by atoms with Crippen molar-refractivity contribution in [1.29, 1.82) is 0 Å². The Morgan fingerprint density at radius 1 is 0.880 bits per heavy atom. The van der Waals surface area contributed by atoms with E-state index in [2.05, 4.69) is 24.8 Å². The van der Waals surface area contributed by atoms with Crippen molar-refractivity contribution in [3.8, 4) is 0 Å². The van der Waals surface area contributed by atoms with Gasteiger partial charge in [-0.05, 0) is 37.8 Å². The van der Waals surface area contributed by atoms with E-state index < -0.39 is 5.97 Å². The van der Waals surface area contributed by atoms with Crippen LogP contribution in [0.2, 0.25) is 0 Å². The number of hydrogen-bond acceptors (Lipinski definition) is 2. The minimum Gasteiger partial charge on any atom is -0.481 e. The fourth-order valence-corrected chi connectivity index (χ4v) is 2.50. The summed E-state index contributed by atoms with van der Waals surface area (Å²) < 4.78 is 5.50. The summed E-state index contributed by atoms with van der Waals surface area (Å²) in [5.74, 6) is -0.768. The number of rotatable bonds is 18. The molecule has 0 aliphatic heterocycles. The molecule has 0 amide bonds. The Bertz CT molecular complexity index is 379. The summed E-state index contributed by atoms with van der Waals surface area (Å²) in [6.45, 7) is 3.62. The molecule has 1 N–H and O–H groups in total. The van der Waals surface area contributed by atoms with Crippen LogP contribution in [0.3, 0.4) is 0 Å². The Balaban J connectivity index is 3.23. The van der Waals surface area contributed by atoms with Gasteiger partial charge in [0.2, 0.25) is 0 Å². The van der Waals surface area contributed by atoms with E-state index in [1.54, 1.807) is 6.08 Å². The first-order valence-corrected chi connectivity index (χ1v) is 10.1. The minimum atomic E-state index is -0.768. The van der Waals surface area contributed by atoms with Crippen LogP contribution >= 0.6 is 0 Å². The van der Waals surface area contributed by atoms with Gasteiger partial charge in [0.25, 0.3) is 0 Å². The van der Waals surface area contributed by atoms with E-state index in [4.69, 9.17) is 9.84 Å². The first kappa shape index (κ1) is 23.7. The van der Waals surface area contributed by atoms with Crippen LogP contribution in [0.4, 0.5) is 0 Å². The second kappa shape index (κ2) is 20.7. The maximum atomic E-state index is 10.3. The molecule has 0 radical (unpaired) electrons. The quantitative estimate of drug-likeness (QED) is 0.176. The number of allylic oxidation sites excluding steroid dienone is 1. The van der Waals surface area contributed by atoms with E-state index in [-0.39, 0.29) is 6.42 Å². The Hall–Kier alpha value is -1.31. The molecule has 0 heterocycles. The largest absolute Gasteiger partial charge is 0.481 e. The maximum Gasteiger partial charge on any atom is 0.303 e. The summed E-state index contributed by atoms with van der Waals surface area (Å²) >= 11 is 0. The van der Waals surface area contributed by atoms with Gasteiger partial charge in [-0.15, -0.1) is 5.73 Å². The zero-order valence-electron chi connectivity index (χ0n) is 16.2. The Morgan fingerprint density at radius 3 is 2.20 bits per heavy atom. The van der Waals surface area contributed by atoms with Crippen LogP contribution in [0.1, 0.15) is 90.4 Å². The predicted octanol–water partition coefficient (Wildman–Crippen LogP) is 6.45. The summed E-state index contributed by atoms with van der Waals surface area (Å²) in [5.41, 5.74) is 2.98. The standard InChI is InChI=1S/C22H38O3/c1-2-3-4-5-6-7-8-9-10-11-14-17-20-25-21-18-15-12-13-16-19-22(23)24/h13-15,17H,2-11,16,18-21H2,1H3,(H,23,24)/b17-14-. The van der Waals surface area contributed by atoms with Crippen molar-refractivity contribution in [1.82, 2.24) is 0 Å². The van der Waals surface area contributed by atoms with Crippen LogP contribution in [-0.4, -0.2) is 24.3 Å². The summed E-state index contributed by atoms with van der Waals surface area (Å²) in [5, 5.41) is 8.48. The third kappa shape index (κ3) is 22.7. The number of carboxylic acids is 1. The molecule has 0 bridgehead atoms. The summed E-state index contributed by atoms with van der Waals surface area (Å²) in [6, 6.07) is 0. The highest BCUT2D eigenvalue weighted by atomic mass is 16.5. The second-order valence-corrected chi connectivity index (χ2v) is 6.46. The lowest BCUT2D eigenvalue weighted by Crippen LogP contribution is -1.92. The monoisotopic (exact) mass is 350 g/mol. The average Bonchev–Trinajstić information content (AvgIpc) is 2.60. The highest BCUT2D eigenvalue weighted by Crippen LogP contribution is 2.10. The van der Waals surface area contributed by atoms with Crippen molar-refractivity contribution in [3.63, 3.8) is 0 Å². The highest BCUT2D eigenvalue weighted by Gasteiger charge is 1.91. The van der Waals surface area contributed by atoms with E-state index in [9.17, 15) is 4.79 Å². The molecule has 0 saturated heterocycles. The minimum absolute atomic E-state index is 0.168. The van der Waals surface area contributed by atoms with Crippen molar-refractivity contribution < 1.29 is 14.6 Å². The van der Waals surface area contributed by atoms with Gasteiger partial charge in [0.1, 0.15) is 0 Å². The summed E-state index contributed by atoms with van der Waals surface area (Å²) in [4.78, 5) is 10.3. The van der Waals surface area contributed by atoms with Crippen LogP contribution in [0.25, 0.3) is 0 Å². The van der Waals surface area contributed by atoms with Gasteiger partial charge in [0, 0.05) is 6.42 Å². The zero-order valence-corrected chi connectivity index (χ0v) is 16.2. The lowest BCUT2D eigenvalue weighted by Gasteiger charge is -2.00. The van der Waals surface area contributed by atoms with Gasteiger partial charge in [-0.1, -0.05) is 70.4 Å². The maximum absolute atomic E-state index is 10.3. The topological polar surface area (TPSA) is 46.5 Å². The van der Waals surface area contributed by atoms with Gasteiger partial charge in [0.15, 0.2) is 0 Å². The Labute approximate surface area is 154 Å². The van der Waals surface area contributed by atoms with Crippen LogP contribution < -0.4 is 0 Å². The van der Waals surface area contributed by atoms with Crippen molar-refractivity contribution in [3.05, 3.63) is 30.0 Å². The fraction of sp³-hybridized carbons (Fsp3) is 0.727. The molecule has 0 unspecified atom stereocenters. The molecule has 25 heavy (non-hydrogen) atoms. The zero-order chi connectivity index (χ0) is 18.4. The molecule has 0 aromatic rings. The van der Waals surface area contributed by atoms with E-state index in [0.717, 1.165) is 12.8 Å². The van der Waals surface area contributed by atoms with E-state index in [0.29, 0.717) is 19.6 Å². The summed E-state index contributed by atoms with van der Waals surface area (Å²) in [7, 11) is 0. The molecule has 0 aliphatic rings. The molecular weight excluding hydrogens is 312 g/mol. The van der Waals surface area contributed by atoms with Crippen molar-refractivity contribution in [2.45, 2.75) is 90.4 Å². The number of hydrogen-bond donors (Lipinski definition) is 1. The average molecular weight is 351 g/mol. The fourth-order valence-electron chi connectivity index (χ4n) is 2.50. The first-order chi connectivity index (χ1) is 12.3. The third-order valence-corrected chi connectivity index (χ3v) is 4.00. The second-order valence-electron chi connectivity index (χ2n) is 6.46. The molecular formula is C22H38O3. The predicted molar refractivity (Wildman–Crippen MR) is 106 cm³/mol. The van der Waals surface area contributed by atoms with E-state index in [1.165, 1.54) is 57.8 Å². The number of ether oxygens (including phenoxy) is 1. The SMILES string of the molecule is CCCCCCCCCCC/C=C\COCCC=C=CCCC(=O)O. The van der Waals surface area contributed by atoms with Crippen LogP contribution in [-0.2, 0) is 9.53 Å². The molecule has 0 atom stereocenters. The van der Waals surface area contributed by atoms with Gasteiger partial charge in [-0.25, -0.2) is 0 Å². The third-order valence-electron chi connectivity index (χ3n) is 4.00.